The summed E-state index contributed by atoms with van der Waals surface area (Å²) in [5, 5.41) is 17.6. The highest BCUT2D eigenvalue weighted by Crippen LogP contribution is 2.07. The first kappa shape index (κ1) is 9.95. The van der Waals surface area contributed by atoms with Gasteiger partial charge in [-0.2, -0.15) is 0 Å². The molecule has 0 aromatic carbocycles. The Hall–Kier alpha value is -0.135. The van der Waals surface area contributed by atoms with Gasteiger partial charge in [-0.1, -0.05) is 6.92 Å². The molecule has 0 radical (unpaired) electrons. The van der Waals surface area contributed by atoms with Crippen molar-refractivity contribution in [2.75, 3.05) is 0 Å². The Morgan fingerprint density at radius 3 is 2.67 bits per heavy atom. The second-order valence-electron chi connectivity index (χ2n) is 2.42. The number of hydrogen-bond acceptors (Lipinski definition) is 3. The van der Waals surface area contributed by atoms with Gasteiger partial charge in [-0.25, -0.2) is 0 Å². The van der Waals surface area contributed by atoms with Gasteiger partial charge in [-0.15, -0.1) is 0 Å². The first-order valence-corrected chi connectivity index (χ1v) is 4.73. The minimum atomic E-state index is -1.42. The van der Waals surface area contributed by atoms with E-state index in [1.165, 1.54) is 6.20 Å². The van der Waals surface area contributed by atoms with Crippen LogP contribution in [0.15, 0.2) is 12.3 Å². The fourth-order valence-electron chi connectivity index (χ4n) is 0.882. The average molecular weight is 277 g/mol. The molecule has 64 valence electrons. The molecule has 1 aromatic heterocycles. The summed E-state index contributed by atoms with van der Waals surface area (Å²) in [4.78, 5) is 4.09. The van der Waals surface area contributed by atoms with Crippen molar-refractivity contribution in [2.45, 2.75) is 13.3 Å². The lowest BCUT2D eigenvalue weighted by atomic mass is 9.82. The van der Waals surface area contributed by atoms with E-state index in [2.05, 4.69) is 27.6 Å². The molecule has 3 nitrogen and oxygen atoms in total. The molecule has 1 heterocycles. The number of halogens is 1. The van der Waals surface area contributed by atoms with E-state index < -0.39 is 7.12 Å². The van der Waals surface area contributed by atoms with Crippen molar-refractivity contribution >= 4 is 35.2 Å². The van der Waals surface area contributed by atoms with Crippen LogP contribution in [-0.4, -0.2) is 22.2 Å². The zero-order valence-corrected chi connectivity index (χ0v) is 8.82. The first-order chi connectivity index (χ1) is 5.65. The average Bonchev–Trinajstić information content (AvgIpc) is 2.04. The monoisotopic (exact) mass is 277 g/mol. The first-order valence-electron chi connectivity index (χ1n) is 3.65. The molecule has 0 atom stereocenters. The van der Waals surface area contributed by atoms with E-state index in [-0.39, 0.29) is 0 Å². The topological polar surface area (TPSA) is 53.4 Å². The Kier molecular flexibility index (Phi) is 3.48. The van der Waals surface area contributed by atoms with Gasteiger partial charge in [0.1, 0.15) is 0 Å². The van der Waals surface area contributed by atoms with Crippen molar-refractivity contribution in [2.24, 2.45) is 0 Å². The van der Waals surface area contributed by atoms with E-state index in [9.17, 15) is 0 Å². The molecule has 0 saturated carbocycles. The number of aromatic nitrogens is 1. The van der Waals surface area contributed by atoms with Gasteiger partial charge in [0.25, 0.3) is 0 Å². The number of aryl methyl sites for hydroxylation is 1. The van der Waals surface area contributed by atoms with Gasteiger partial charge < -0.3 is 10.0 Å². The number of pyridine rings is 1. The van der Waals surface area contributed by atoms with Gasteiger partial charge in [0.05, 0.1) is 5.69 Å². The Morgan fingerprint density at radius 1 is 1.58 bits per heavy atom. The fraction of sp³-hybridized carbons (Fsp3) is 0.286. The smallest absolute Gasteiger partial charge is 0.423 e. The van der Waals surface area contributed by atoms with Crippen LogP contribution < -0.4 is 5.46 Å². The van der Waals surface area contributed by atoms with Gasteiger partial charge in [0.2, 0.25) is 0 Å². The van der Waals surface area contributed by atoms with E-state index in [4.69, 9.17) is 10.0 Å². The molecule has 0 fully saturated rings. The van der Waals surface area contributed by atoms with Gasteiger partial charge in [0.15, 0.2) is 0 Å². The summed E-state index contributed by atoms with van der Waals surface area (Å²) in [5.41, 5.74) is 1.43. The number of nitrogens with zero attached hydrogens (tertiary/aromatic N) is 1. The standard InChI is InChI=1S/C7H9BINO2/c1-2-7-6(9)3-5(4-10-7)8(11)12/h3-4,11-12H,2H2,1H3. The van der Waals surface area contributed by atoms with Crippen molar-refractivity contribution in [1.82, 2.24) is 4.98 Å². The van der Waals surface area contributed by atoms with E-state index >= 15 is 0 Å². The molecule has 0 aliphatic carbocycles. The molecule has 0 unspecified atom stereocenters. The molecular formula is C7H9BINO2. The molecule has 5 heteroatoms. The van der Waals surface area contributed by atoms with Gasteiger partial charge in [-0.05, 0) is 35.1 Å². The minimum absolute atomic E-state index is 0.441. The fourth-order valence-corrected chi connectivity index (χ4v) is 1.76. The summed E-state index contributed by atoms with van der Waals surface area (Å²) in [7, 11) is -1.42. The predicted octanol–water partition coefficient (Wildman–Crippen LogP) is -0.0716. The second kappa shape index (κ2) is 4.20. The van der Waals surface area contributed by atoms with Crippen LogP contribution in [0.3, 0.4) is 0 Å². The highest BCUT2D eigenvalue weighted by atomic mass is 127. The van der Waals surface area contributed by atoms with Crippen LogP contribution in [0.4, 0.5) is 0 Å². The minimum Gasteiger partial charge on any atom is -0.423 e. The van der Waals surface area contributed by atoms with Gasteiger partial charge >= 0.3 is 7.12 Å². The van der Waals surface area contributed by atoms with Gasteiger partial charge in [0, 0.05) is 15.2 Å². The maximum absolute atomic E-state index is 8.82. The number of hydrogen-bond donors (Lipinski definition) is 2. The molecule has 0 saturated heterocycles. The third kappa shape index (κ3) is 2.18. The van der Waals surface area contributed by atoms with E-state index in [0.29, 0.717) is 5.46 Å². The highest BCUT2D eigenvalue weighted by molar-refractivity contribution is 14.1. The van der Waals surface area contributed by atoms with Crippen molar-refractivity contribution in [3.8, 4) is 0 Å². The summed E-state index contributed by atoms with van der Waals surface area (Å²) < 4.78 is 0.973. The molecule has 2 N–H and O–H groups in total. The van der Waals surface area contributed by atoms with E-state index in [1.807, 2.05) is 6.92 Å². The lowest BCUT2D eigenvalue weighted by Gasteiger charge is -2.03. The van der Waals surface area contributed by atoms with Crippen LogP contribution in [0.5, 0.6) is 0 Å². The summed E-state index contributed by atoms with van der Waals surface area (Å²) in [6.07, 6.45) is 2.35. The maximum atomic E-state index is 8.82. The van der Waals surface area contributed by atoms with Crippen LogP contribution in [-0.2, 0) is 6.42 Å². The predicted molar refractivity (Wildman–Crippen MR) is 56.2 cm³/mol. The second-order valence-corrected chi connectivity index (χ2v) is 3.59. The summed E-state index contributed by atoms with van der Waals surface area (Å²) in [6, 6.07) is 1.73. The Morgan fingerprint density at radius 2 is 2.25 bits per heavy atom. The Balaban J connectivity index is 3.02. The molecule has 12 heavy (non-hydrogen) atoms. The third-order valence-corrected chi connectivity index (χ3v) is 2.51. The van der Waals surface area contributed by atoms with Crippen LogP contribution in [0, 0.1) is 3.57 Å². The molecule has 0 spiro atoms. The summed E-state index contributed by atoms with van der Waals surface area (Å²) >= 11 is 2.13. The molecule has 0 aliphatic rings. The maximum Gasteiger partial charge on any atom is 0.490 e. The Labute approximate surface area is 85.1 Å². The van der Waals surface area contributed by atoms with Crippen molar-refractivity contribution in [3.63, 3.8) is 0 Å². The van der Waals surface area contributed by atoms with Gasteiger partial charge in [-0.3, -0.25) is 4.98 Å². The number of rotatable bonds is 2. The third-order valence-electron chi connectivity index (χ3n) is 1.57. The zero-order chi connectivity index (χ0) is 9.14. The van der Waals surface area contributed by atoms with Crippen molar-refractivity contribution in [1.29, 1.82) is 0 Å². The normalized spacial score (nSPS) is 10.0. The Bertz CT molecular complexity index is 280. The van der Waals surface area contributed by atoms with Crippen LogP contribution in [0.2, 0.25) is 0 Å². The highest BCUT2D eigenvalue weighted by Gasteiger charge is 2.12. The molecule has 1 rings (SSSR count). The van der Waals surface area contributed by atoms with Crippen molar-refractivity contribution < 1.29 is 10.0 Å². The largest absolute Gasteiger partial charge is 0.490 e. The van der Waals surface area contributed by atoms with Crippen LogP contribution in [0.1, 0.15) is 12.6 Å². The summed E-state index contributed by atoms with van der Waals surface area (Å²) in [6.45, 7) is 2.01. The molecule has 1 aromatic rings. The van der Waals surface area contributed by atoms with Crippen LogP contribution >= 0.6 is 22.6 Å². The SMILES string of the molecule is CCc1ncc(B(O)O)cc1I. The lowest BCUT2D eigenvalue weighted by molar-refractivity contribution is 0.425. The molecule has 0 aliphatic heterocycles. The van der Waals surface area contributed by atoms with Crippen LogP contribution in [0.25, 0.3) is 0 Å². The zero-order valence-electron chi connectivity index (χ0n) is 6.66. The van der Waals surface area contributed by atoms with E-state index in [0.717, 1.165) is 15.7 Å². The molecular weight excluding hydrogens is 268 g/mol. The molecule has 0 amide bonds. The van der Waals surface area contributed by atoms with Crippen molar-refractivity contribution in [3.05, 3.63) is 21.5 Å². The van der Waals surface area contributed by atoms with E-state index in [1.54, 1.807) is 6.07 Å². The summed E-state index contributed by atoms with van der Waals surface area (Å²) in [5.74, 6) is 0. The quantitative estimate of drug-likeness (QED) is 0.587. The lowest BCUT2D eigenvalue weighted by Crippen LogP contribution is -2.30. The molecule has 0 bridgehead atoms.